The fourth-order valence-electron chi connectivity index (χ4n) is 3.15. The van der Waals surface area contributed by atoms with Crippen molar-refractivity contribution >= 4 is 29.9 Å². The van der Waals surface area contributed by atoms with Crippen molar-refractivity contribution in [2.75, 3.05) is 13.2 Å². The largest absolute Gasteiger partial charge is 0.396 e. The molecule has 2 aromatic rings. The number of benzene rings is 1. The summed E-state index contributed by atoms with van der Waals surface area (Å²) in [5.41, 5.74) is 1.22. The Hall–Kier alpha value is -1.68. The molecule has 0 saturated carbocycles. The summed E-state index contributed by atoms with van der Waals surface area (Å²) >= 11 is 0. The monoisotopic (exact) mass is 514 g/mol. The van der Waals surface area contributed by atoms with Crippen LogP contribution in [0.1, 0.15) is 50.3 Å². The quantitative estimate of drug-likeness (QED) is 0.258. The van der Waals surface area contributed by atoms with Gasteiger partial charge in [0, 0.05) is 20.2 Å². The number of aliphatic imine (C=N–C) groups is 1. The molecule has 0 unspecified atom stereocenters. The molecule has 0 radical (unpaired) electrons. The standard InChI is InChI=1S/C21H34N6O.HI/c1-5-21(6-2,12-13-28)16-24-20(22-14-18-10-8-7-9-11-18)23-15-19-26-25-17(3)27(19)4;/h7-11,28H,5-6,12-16H2,1-4H3,(H2,22,23,24);1H. The number of aryl methyl sites for hydroxylation is 1. The molecule has 0 fully saturated rings. The molecule has 0 saturated heterocycles. The number of aliphatic hydroxyl groups is 1. The second kappa shape index (κ2) is 12.8. The summed E-state index contributed by atoms with van der Waals surface area (Å²) < 4.78 is 1.97. The molecule has 1 aromatic heterocycles. The van der Waals surface area contributed by atoms with Gasteiger partial charge in [0.25, 0.3) is 0 Å². The second-order valence-corrected chi connectivity index (χ2v) is 7.26. The van der Waals surface area contributed by atoms with E-state index in [2.05, 4.69) is 46.8 Å². The van der Waals surface area contributed by atoms with Crippen LogP contribution >= 0.6 is 24.0 Å². The molecule has 0 bridgehead atoms. The van der Waals surface area contributed by atoms with Crippen molar-refractivity contribution in [2.45, 2.75) is 53.1 Å². The van der Waals surface area contributed by atoms with Crippen molar-refractivity contribution in [2.24, 2.45) is 17.5 Å². The highest BCUT2D eigenvalue weighted by molar-refractivity contribution is 14.0. The Bertz CT molecular complexity index is 743. The first-order valence-electron chi connectivity index (χ1n) is 10.1. The van der Waals surface area contributed by atoms with Crippen LogP contribution < -0.4 is 10.6 Å². The fourth-order valence-corrected chi connectivity index (χ4v) is 3.15. The van der Waals surface area contributed by atoms with E-state index in [1.807, 2.05) is 36.7 Å². The summed E-state index contributed by atoms with van der Waals surface area (Å²) in [4.78, 5) is 4.75. The van der Waals surface area contributed by atoms with E-state index < -0.39 is 0 Å². The van der Waals surface area contributed by atoms with Crippen molar-refractivity contribution in [3.8, 4) is 0 Å². The number of hydrogen-bond acceptors (Lipinski definition) is 4. The first-order chi connectivity index (χ1) is 13.5. The molecule has 8 heteroatoms. The highest BCUT2D eigenvalue weighted by Crippen LogP contribution is 2.29. The first-order valence-corrected chi connectivity index (χ1v) is 10.1. The molecule has 0 aliphatic rings. The van der Waals surface area contributed by atoms with Gasteiger partial charge in [-0.2, -0.15) is 0 Å². The summed E-state index contributed by atoms with van der Waals surface area (Å²) in [5.74, 6) is 2.49. The van der Waals surface area contributed by atoms with Crippen molar-refractivity contribution in [3.05, 3.63) is 47.5 Å². The van der Waals surface area contributed by atoms with Crippen LogP contribution in [0.25, 0.3) is 0 Å². The Morgan fingerprint density at radius 2 is 1.83 bits per heavy atom. The zero-order valence-electron chi connectivity index (χ0n) is 18.0. The van der Waals surface area contributed by atoms with E-state index in [1.165, 1.54) is 0 Å². The van der Waals surface area contributed by atoms with E-state index in [0.717, 1.165) is 49.0 Å². The molecule has 7 nitrogen and oxygen atoms in total. The van der Waals surface area contributed by atoms with Gasteiger partial charge in [-0.15, -0.1) is 34.2 Å². The van der Waals surface area contributed by atoms with Crippen molar-refractivity contribution < 1.29 is 5.11 Å². The maximum Gasteiger partial charge on any atom is 0.191 e. The van der Waals surface area contributed by atoms with Crippen LogP contribution in [0, 0.1) is 12.3 Å². The predicted molar refractivity (Wildman–Crippen MR) is 128 cm³/mol. The van der Waals surface area contributed by atoms with Crippen molar-refractivity contribution in [1.82, 2.24) is 25.4 Å². The normalized spacial score (nSPS) is 11.8. The summed E-state index contributed by atoms with van der Waals surface area (Å²) in [6.07, 6.45) is 2.79. The molecule has 3 N–H and O–H groups in total. The number of guanidine groups is 1. The number of rotatable bonds is 10. The topological polar surface area (TPSA) is 87.4 Å². The molecular weight excluding hydrogens is 479 g/mol. The van der Waals surface area contributed by atoms with E-state index in [1.54, 1.807) is 0 Å². The third-order valence-electron chi connectivity index (χ3n) is 5.63. The van der Waals surface area contributed by atoms with Gasteiger partial charge in [0.15, 0.2) is 11.8 Å². The van der Waals surface area contributed by atoms with Crippen LogP contribution in [-0.2, 0) is 20.1 Å². The Balaban J connectivity index is 0.00000420. The van der Waals surface area contributed by atoms with Gasteiger partial charge in [0.05, 0.1) is 13.1 Å². The number of nitrogens with zero attached hydrogens (tertiary/aromatic N) is 4. The summed E-state index contributed by atoms with van der Waals surface area (Å²) in [5, 5.41) is 24.7. The Labute approximate surface area is 191 Å². The van der Waals surface area contributed by atoms with Gasteiger partial charge in [0.1, 0.15) is 5.82 Å². The first kappa shape index (κ1) is 25.4. The molecular formula is C21H35IN6O. The average molecular weight is 514 g/mol. The molecule has 1 aromatic carbocycles. The maximum atomic E-state index is 9.47. The van der Waals surface area contributed by atoms with Crippen LogP contribution in [-0.4, -0.2) is 39.0 Å². The van der Waals surface area contributed by atoms with Crippen LogP contribution in [0.5, 0.6) is 0 Å². The van der Waals surface area contributed by atoms with E-state index in [9.17, 15) is 5.11 Å². The van der Waals surface area contributed by atoms with Gasteiger partial charge in [-0.25, -0.2) is 4.99 Å². The van der Waals surface area contributed by atoms with Gasteiger partial charge >= 0.3 is 0 Å². The summed E-state index contributed by atoms with van der Waals surface area (Å²) in [7, 11) is 1.96. The smallest absolute Gasteiger partial charge is 0.191 e. The lowest BCUT2D eigenvalue weighted by Gasteiger charge is -2.32. The number of aliphatic hydroxyl groups excluding tert-OH is 1. The third kappa shape index (κ3) is 7.58. The molecule has 0 aliphatic heterocycles. The molecule has 1 heterocycles. The van der Waals surface area contributed by atoms with Crippen LogP contribution in [0.2, 0.25) is 0 Å². The van der Waals surface area contributed by atoms with Gasteiger partial charge in [0.2, 0.25) is 0 Å². The lowest BCUT2D eigenvalue weighted by molar-refractivity contribution is 0.169. The third-order valence-corrected chi connectivity index (χ3v) is 5.63. The van der Waals surface area contributed by atoms with Crippen molar-refractivity contribution in [3.63, 3.8) is 0 Å². The van der Waals surface area contributed by atoms with Gasteiger partial charge in [-0.05, 0) is 37.2 Å². The van der Waals surface area contributed by atoms with E-state index in [4.69, 9.17) is 4.99 Å². The van der Waals surface area contributed by atoms with Gasteiger partial charge < -0.3 is 20.3 Å². The minimum atomic E-state index is 0. The Morgan fingerprint density at radius 3 is 2.38 bits per heavy atom. The number of aromatic nitrogens is 3. The Morgan fingerprint density at radius 1 is 1.14 bits per heavy atom. The second-order valence-electron chi connectivity index (χ2n) is 7.26. The molecule has 2 rings (SSSR count). The van der Waals surface area contributed by atoms with E-state index in [-0.39, 0.29) is 36.0 Å². The molecule has 0 aliphatic carbocycles. The summed E-state index contributed by atoms with van der Waals surface area (Å²) in [6, 6.07) is 10.2. The lowest BCUT2D eigenvalue weighted by Crippen LogP contribution is -2.44. The zero-order chi connectivity index (χ0) is 20.4. The van der Waals surface area contributed by atoms with Gasteiger partial charge in [-0.3, -0.25) is 0 Å². The van der Waals surface area contributed by atoms with Gasteiger partial charge in [-0.1, -0.05) is 44.2 Å². The minimum absolute atomic E-state index is 0. The molecule has 0 spiro atoms. The Kier molecular flexibility index (Phi) is 11.2. The minimum Gasteiger partial charge on any atom is -0.396 e. The van der Waals surface area contributed by atoms with Crippen LogP contribution in [0.15, 0.2) is 35.3 Å². The highest BCUT2D eigenvalue weighted by atomic mass is 127. The number of hydrogen-bond donors (Lipinski definition) is 3. The van der Waals surface area contributed by atoms with Crippen LogP contribution in [0.4, 0.5) is 0 Å². The number of halogens is 1. The molecule has 29 heavy (non-hydrogen) atoms. The van der Waals surface area contributed by atoms with E-state index in [0.29, 0.717) is 13.1 Å². The van der Waals surface area contributed by atoms with Crippen LogP contribution in [0.3, 0.4) is 0 Å². The lowest BCUT2D eigenvalue weighted by atomic mass is 9.79. The maximum absolute atomic E-state index is 9.47. The summed E-state index contributed by atoms with van der Waals surface area (Å²) in [6.45, 7) is 8.40. The zero-order valence-corrected chi connectivity index (χ0v) is 20.3. The SMILES string of the molecule is CCC(CC)(CCO)CNC(=NCc1ccccc1)NCc1nnc(C)n1C.I. The average Bonchev–Trinajstić information content (AvgIpc) is 3.05. The molecule has 0 amide bonds. The number of nitrogens with one attached hydrogen (secondary N) is 2. The molecule has 162 valence electrons. The predicted octanol–water partition coefficient (Wildman–Crippen LogP) is 3.17. The van der Waals surface area contributed by atoms with E-state index >= 15 is 0 Å². The fraction of sp³-hybridized carbons (Fsp3) is 0.571. The highest BCUT2D eigenvalue weighted by Gasteiger charge is 2.25. The van der Waals surface area contributed by atoms with Crippen molar-refractivity contribution in [1.29, 1.82) is 0 Å². The molecule has 0 atom stereocenters.